The molecule has 0 saturated heterocycles. The first-order valence-electron chi connectivity index (χ1n) is 8.47. The van der Waals surface area contributed by atoms with Crippen LogP contribution < -0.4 is 16.0 Å². The third-order valence-electron chi connectivity index (χ3n) is 2.99. The maximum atomic E-state index is 11.6. The van der Waals surface area contributed by atoms with Crippen molar-refractivity contribution in [2.45, 2.75) is 46.6 Å². The zero-order chi connectivity index (χ0) is 17.5. The van der Waals surface area contributed by atoms with Gasteiger partial charge in [-0.05, 0) is 32.6 Å². The highest BCUT2D eigenvalue weighted by molar-refractivity contribution is 14.0. The number of nitrogens with zero attached hydrogens (tertiary/aromatic N) is 1. The number of guanidine groups is 1. The molecule has 3 N–H and O–H groups in total. The predicted molar refractivity (Wildman–Crippen MR) is 109 cm³/mol. The highest BCUT2D eigenvalue weighted by Crippen LogP contribution is 2.05. The number of hydrogen-bond donors (Lipinski definition) is 3. The second-order valence-corrected chi connectivity index (χ2v) is 5.68. The van der Waals surface area contributed by atoms with E-state index in [2.05, 4.69) is 34.8 Å². The summed E-state index contributed by atoms with van der Waals surface area (Å²) in [6.45, 7) is 11.2. The molecule has 0 aliphatic rings. The van der Waals surface area contributed by atoms with E-state index in [9.17, 15) is 4.79 Å². The number of methoxy groups -OCH3 is 1. The van der Waals surface area contributed by atoms with Crippen LogP contribution in [0, 0.1) is 5.92 Å². The lowest BCUT2D eigenvalue weighted by Crippen LogP contribution is -2.42. The van der Waals surface area contributed by atoms with Gasteiger partial charge in [0.1, 0.15) is 0 Å². The Hall–Kier alpha value is -0.770. The summed E-state index contributed by atoms with van der Waals surface area (Å²) >= 11 is 0. The fourth-order valence-electron chi connectivity index (χ4n) is 2.05. The van der Waals surface area contributed by atoms with E-state index in [1.165, 1.54) is 0 Å². The lowest BCUT2D eigenvalue weighted by atomic mass is 10.0. The number of ether oxygens (including phenoxy) is 2. The van der Waals surface area contributed by atoms with Crippen LogP contribution in [0.1, 0.15) is 40.5 Å². The van der Waals surface area contributed by atoms with E-state index < -0.39 is 0 Å². The summed E-state index contributed by atoms with van der Waals surface area (Å²) in [5, 5.41) is 9.34. The van der Waals surface area contributed by atoms with Gasteiger partial charge in [0.2, 0.25) is 0 Å². The van der Waals surface area contributed by atoms with E-state index in [1.807, 2.05) is 6.92 Å². The van der Waals surface area contributed by atoms with Crippen molar-refractivity contribution in [2.24, 2.45) is 10.9 Å². The summed E-state index contributed by atoms with van der Waals surface area (Å²) in [5.41, 5.74) is 0. The Kier molecular flexibility index (Phi) is 18.1. The molecule has 0 fully saturated rings. The van der Waals surface area contributed by atoms with Crippen LogP contribution in [0.15, 0.2) is 4.99 Å². The maximum Gasteiger partial charge on any atom is 0.407 e. The molecule has 0 saturated carbocycles. The van der Waals surface area contributed by atoms with Crippen molar-refractivity contribution in [2.75, 3.05) is 40.0 Å². The number of nitrogens with one attached hydrogen (secondary N) is 3. The van der Waals surface area contributed by atoms with Gasteiger partial charge in [-0.15, -0.1) is 24.0 Å². The molecule has 0 aromatic heterocycles. The Balaban J connectivity index is 0. The van der Waals surface area contributed by atoms with Gasteiger partial charge >= 0.3 is 6.09 Å². The average Bonchev–Trinajstić information content (AvgIpc) is 2.48. The van der Waals surface area contributed by atoms with Gasteiger partial charge in [-0.1, -0.05) is 13.8 Å². The van der Waals surface area contributed by atoms with Gasteiger partial charge in [-0.2, -0.15) is 0 Å². The highest BCUT2D eigenvalue weighted by atomic mass is 127. The molecule has 0 spiro atoms. The Morgan fingerprint density at radius 3 is 2.46 bits per heavy atom. The number of carbonyl (C=O) groups excluding carboxylic acids is 1. The number of halogens is 1. The lowest BCUT2D eigenvalue weighted by molar-refractivity contribution is 0.147. The zero-order valence-corrected chi connectivity index (χ0v) is 18.0. The first kappa shape index (κ1) is 25.5. The van der Waals surface area contributed by atoms with Gasteiger partial charge < -0.3 is 25.4 Å². The average molecular weight is 458 g/mol. The fourth-order valence-corrected chi connectivity index (χ4v) is 2.05. The Morgan fingerprint density at radius 1 is 1.21 bits per heavy atom. The molecule has 1 unspecified atom stereocenters. The molecular weight excluding hydrogens is 423 g/mol. The van der Waals surface area contributed by atoms with Crippen LogP contribution in [0.25, 0.3) is 0 Å². The van der Waals surface area contributed by atoms with Crippen LogP contribution in [0.2, 0.25) is 0 Å². The minimum Gasteiger partial charge on any atom is -0.450 e. The van der Waals surface area contributed by atoms with E-state index in [-0.39, 0.29) is 36.1 Å². The van der Waals surface area contributed by atoms with E-state index in [4.69, 9.17) is 9.47 Å². The van der Waals surface area contributed by atoms with Crippen LogP contribution in [0.3, 0.4) is 0 Å². The number of carbonyl (C=O) groups is 1. The normalized spacial score (nSPS) is 12.3. The smallest absolute Gasteiger partial charge is 0.407 e. The van der Waals surface area contributed by atoms with E-state index in [0.717, 1.165) is 31.9 Å². The molecule has 7 nitrogen and oxygen atoms in total. The molecule has 1 atom stereocenters. The highest BCUT2D eigenvalue weighted by Gasteiger charge is 2.14. The standard InChI is InChI=1S/C16H34N4O3.HI/c1-6-17-15(18-9-8-10-22-5)19-12-14(11-13(3)4)20-16(21)23-7-2;/h13-14H,6-12H2,1-5H3,(H,20,21)(H2,17,18,19);1H. The molecule has 0 aromatic carbocycles. The number of hydrogen-bond acceptors (Lipinski definition) is 4. The monoisotopic (exact) mass is 458 g/mol. The summed E-state index contributed by atoms with van der Waals surface area (Å²) in [6, 6.07) is -0.0384. The Labute approximate surface area is 163 Å². The van der Waals surface area contributed by atoms with Gasteiger partial charge in [0.05, 0.1) is 19.2 Å². The molecule has 24 heavy (non-hydrogen) atoms. The van der Waals surface area contributed by atoms with Crippen molar-refractivity contribution in [3.63, 3.8) is 0 Å². The summed E-state index contributed by atoms with van der Waals surface area (Å²) in [4.78, 5) is 16.2. The molecule has 144 valence electrons. The first-order chi connectivity index (χ1) is 11.0. The van der Waals surface area contributed by atoms with Crippen molar-refractivity contribution >= 4 is 36.0 Å². The van der Waals surface area contributed by atoms with Gasteiger partial charge in [-0.25, -0.2) is 4.79 Å². The minimum absolute atomic E-state index is 0. The second-order valence-electron chi connectivity index (χ2n) is 5.68. The largest absolute Gasteiger partial charge is 0.450 e. The molecule has 0 heterocycles. The van der Waals surface area contributed by atoms with Crippen LogP contribution >= 0.6 is 24.0 Å². The molecule has 0 rings (SSSR count). The predicted octanol–water partition coefficient (Wildman–Crippen LogP) is 2.36. The molecular formula is C16H35IN4O3. The number of amides is 1. The first-order valence-corrected chi connectivity index (χ1v) is 8.47. The summed E-state index contributed by atoms with van der Waals surface area (Å²) in [7, 11) is 1.69. The van der Waals surface area contributed by atoms with Gasteiger partial charge in [-0.3, -0.25) is 4.99 Å². The molecule has 8 heteroatoms. The van der Waals surface area contributed by atoms with Crippen molar-refractivity contribution in [1.29, 1.82) is 0 Å². The van der Waals surface area contributed by atoms with Crippen molar-refractivity contribution in [3.8, 4) is 0 Å². The lowest BCUT2D eigenvalue weighted by Gasteiger charge is -2.19. The number of rotatable bonds is 11. The van der Waals surface area contributed by atoms with Crippen molar-refractivity contribution in [1.82, 2.24) is 16.0 Å². The van der Waals surface area contributed by atoms with E-state index >= 15 is 0 Å². The minimum atomic E-state index is -0.383. The van der Waals surface area contributed by atoms with E-state index in [0.29, 0.717) is 25.7 Å². The molecule has 0 aromatic rings. The van der Waals surface area contributed by atoms with Crippen LogP contribution in [0.5, 0.6) is 0 Å². The third-order valence-corrected chi connectivity index (χ3v) is 2.99. The Bertz CT molecular complexity index is 341. The Morgan fingerprint density at radius 2 is 1.92 bits per heavy atom. The van der Waals surface area contributed by atoms with E-state index in [1.54, 1.807) is 14.0 Å². The van der Waals surface area contributed by atoms with Crippen LogP contribution in [0.4, 0.5) is 4.79 Å². The topological polar surface area (TPSA) is 84.0 Å². The van der Waals surface area contributed by atoms with Gasteiger partial charge in [0, 0.05) is 26.8 Å². The van der Waals surface area contributed by atoms with Crippen LogP contribution in [-0.4, -0.2) is 58.1 Å². The summed E-state index contributed by atoms with van der Waals surface area (Å²) in [6.07, 6.45) is 1.38. The third kappa shape index (κ3) is 14.8. The second kappa shape index (κ2) is 17.1. The van der Waals surface area contributed by atoms with Crippen LogP contribution in [-0.2, 0) is 9.47 Å². The maximum absolute atomic E-state index is 11.6. The molecule has 0 aliphatic heterocycles. The number of alkyl carbamates (subject to hydrolysis) is 1. The van der Waals surface area contributed by atoms with Crippen molar-refractivity contribution < 1.29 is 14.3 Å². The molecule has 0 bridgehead atoms. The SMILES string of the molecule is CCNC(=NCC(CC(C)C)NC(=O)OCC)NCCCOC.I. The van der Waals surface area contributed by atoms with Crippen molar-refractivity contribution in [3.05, 3.63) is 0 Å². The number of aliphatic imine (C=N–C) groups is 1. The molecule has 0 radical (unpaired) electrons. The molecule has 0 aliphatic carbocycles. The summed E-state index contributed by atoms with van der Waals surface area (Å²) < 4.78 is 9.99. The quantitative estimate of drug-likeness (QED) is 0.192. The summed E-state index contributed by atoms with van der Waals surface area (Å²) in [5.74, 6) is 1.22. The van der Waals surface area contributed by atoms with Gasteiger partial charge in [0.25, 0.3) is 0 Å². The fraction of sp³-hybridized carbons (Fsp3) is 0.875. The molecule has 1 amide bonds. The zero-order valence-electron chi connectivity index (χ0n) is 15.7. The van der Waals surface area contributed by atoms with Gasteiger partial charge in [0.15, 0.2) is 5.96 Å².